The molecule has 0 saturated carbocycles. The van der Waals surface area contributed by atoms with Crippen LogP contribution in [0.2, 0.25) is 5.02 Å². The number of rotatable bonds is 4. The third kappa shape index (κ3) is 4.06. The average molecular weight is 405 g/mol. The van der Waals surface area contributed by atoms with Crippen molar-refractivity contribution in [2.45, 2.75) is 32.4 Å². The molecular formula is C22H26Cl2N2O. The fraction of sp³-hybridized carbons (Fsp3) is 0.318. The van der Waals surface area contributed by atoms with Gasteiger partial charge in [-0.2, -0.15) is 4.58 Å². The molecule has 27 heavy (non-hydrogen) atoms. The van der Waals surface area contributed by atoms with Gasteiger partial charge in [0.15, 0.2) is 5.71 Å². The molecule has 3 rings (SSSR count). The van der Waals surface area contributed by atoms with Gasteiger partial charge in [0.2, 0.25) is 5.69 Å². The number of anilines is 1. The number of fused-ring (bicyclic) bond motifs is 1. The molecule has 1 heterocycles. The predicted octanol–water partition coefficient (Wildman–Crippen LogP) is 1.84. The van der Waals surface area contributed by atoms with Crippen LogP contribution in [-0.2, 0) is 5.41 Å². The highest BCUT2D eigenvalue weighted by Crippen LogP contribution is 2.40. The monoisotopic (exact) mass is 404 g/mol. The topological polar surface area (TPSA) is 26.5 Å². The molecule has 0 spiro atoms. The highest BCUT2D eigenvalue weighted by atomic mass is 35.5. The summed E-state index contributed by atoms with van der Waals surface area (Å²) in [7, 11) is 3.98. The van der Waals surface area contributed by atoms with Gasteiger partial charge in [-0.15, -0.1) is 0 Å². The highest BCUT2D eigenvalue weighted by molar-refractivity contribution is 6.30. The summed E-state index contributed by atoms with van der Waals surface area (Å²) in [6, 6.07) is 14.3. The number of hydrogen-bond donors (Lipinski definition) is 1. The summed E-state index contributed by atoms with van der Waals surface area (Å²) in [6.45, 7) is 6.21. The molecule has 1 unspecified atom stereocenters. The Morgan fingerprint density at radius 1 is 1.11 bits per heavy atom. The lowest BCUT2D eigenvalue weighted by molar-refractivity contribution is -0.401. The van der Waals surface area contributed by atoms with Gasteiger partial charge in [0.05, 0.1) is 5.41 Å². The van der Waals surface area contributed by atoms with Gasteiger partial charge in [-0.05, 0) is 56.7 Å². The van der Waals surface area contributed by atoms with Gasteiger partial charge in [0.25, 0.3) is 0 Å². The van der Waals surface area contributed by atoms with Crippen LogP contribution in [0.15, 0.2) is 48.5 Å². The van der Waals surface area contributed by atoms with Gasteiger partial charge in [0, 0.05) is 35.5 Å². The van der Waals surface area contributed by atoms with E-state index >= 15 is 0 Å². The largest absolute Gasteiger partial charge is 1.00 e. The van der Waals surface area contributed by atoms with Crippen LogP contribution < -0.4 is 17.3 Å². The normalized spacial score (nSPS) is 16.3. The van der Waals surface area contributed by atoms with Crippen molar-refractivity contribution in [3.8, 4) is 0 Å². The molecule has 0 amide bonds. The lowest BCUT2D eigenvalue weighted by Crippen LogP contribution is -3.00. The van der Waals surface area contributed by atoms with Crippen LogP contribution in [-0.4, -0.2) is 35.7 Å². The standard InChI is InChI=1S/C22H26ClN2O.ClH/c1-15(26)24(4)18-10-6-16(7-11-18)8-13-21-22(2,3)19-14-17(23)9-12-20(19)25(21)5;/h6-15,26H,1-5H3;1H/q+1;/p-1. The van der Waals surface area contributed by atoms with E-state index in [4.69, 9.17) is 11.6 Å². The zero-order valence-electron chi connectivity index (χ0n) is 16.4. The van der Waals surface area contributed by atoms with E-state index in [-0.39, 0.29) is 17.8 Å². The summed E-state index contributed by atoms with van der Waals surface area (Å²) in [5.74, 6) is 0. The number of nitrogens with zero attached hydrogens (tertiary/aromatic N) is 2. The fourth-order valence-corrected chi connectivity index (χ4v) is 3.69. The van der Waals surface area contributed by atoms with Gasteiger partial charge in [-0.25, -0.2) is 0 Å². The maximum atomic E-state index is 9.68. The number of allylic oxidation sites excluding steroid dienone is 1. The second-order valence-corrected chi connectivity index (χ2v) is 7.83. The number of benzene rings is 2. The Kier molecular flexibility index (Phi) is 6.41. The second-order valence-electron chi connectivity index (χ2n) is 7.40. The molecule has 2 aromatic rings. The Morgan fingerprint density at radius 3 is 2.33 bits per heavy atom. The van der Waals surface area contributed by atoms with Crippen molar-refractivity contribution >= 4 is 34.8 Å². The highest BCUT2D eigenvalue weighted by Gasteiger charge is 2.42. The van der Waals surface area contributed by atoms with Crippen molar-refractivity contribution < 1.29 is 22.1 Å². The molecule has 2 aromatic carbocycles. The molecule has 0 bridgehead atoms. The number of hydrogen-bond acceptors (Lipinski definition) is 2. The Hall–Kier alpha value is -1.81. The van der Waals surface area contributed by atoms with Crippen molar-refractivity contribution in [3.63, 3.8) is 0 Å². The lowest BCUT2D eigenvalue weighted by atomic mass is 9.81. The zero-order valence-corrected chi connectivity index (χ0v) is 17.9. The first kappa shape index (κ1) is 21.5. The van der Waals surface area contributed by atoms with Crippen LogP contribution in [0.25, 0.3) is 6.08 Å². The Morgan fingerprint density at radius 2 is 1.74 bits per heavy atom. The minimum atomic E-state index is -0.509. The zero-order chi connectivity index (χ0) is 19.1. The third-order valence-corrected chi connectivity index (χ3v) is 5.52. The van der Waals surface area contributed by atoms with Crippen LogP contribution in [0.5, 0.6) is 0 Å². The summed E-state index contributed by atoms with van der Waals surface area (Å²) < 4.78 is 2.23. The molecule has 0 radical (unpaired) electrons. The Bertz CT molecular complexity index is 884. The molecule has 1 aliphatic heterocycles. The number of halogens is 2. The van der Waals surface area contributed by atoms with Gasteiger partial charge in [0.1, 0.15) is 13.3 Å². The minimum Gasteiger partial charge on any atom is -1.00 e. The third-order valence-electron chi connectivity index (χ3n) is 5.29. The van der Waals surface area contributed by atoms with Gasteiger partial charge < -0.3 is 22.4 Å². The minimum absolute atomic E-state index is 0. The summed E-state index contributed by atoms with van der Waals surface area (Å²) in [4.78, 5) is 1.83. The van der Waals surface area contributed by atoms with Crippen molar-refractivity contribution in [3.05, 3.63) is 64.7 Å². The first-order chi connectivity index (χ1) is 12.2. The van der Waals surface area contributed by atoms with Crippen molar-refractivity contribution in [2.24, 2.45) is 0 Å². The molecule has 3 nitrogen and oxygen atoms in total. The van der Waals surface area contributed by atoms with E-state index in [0.29, 0.717) is 0 Å². The van der Waals surface area contributed by atoms with Crippen molar-refractivity contribution in [2.75, 3.05) is 19.0 Å². The van der Waals surface area contributed by atoms with Gasteiger partial charge in [-0.1, -0.05) is 23.7 Å². The Labute approximate surface area is 173 Å². The molecule has 0 aromatic heterocycles. The second kappa shape index (κ2) is 8.05. The average Bonchev–Trinajstić information content (AvgIpc) is 2.79. The van der Waals surface area contributed by atoms with Crippen LogP contribution in [0, 0.1) is 0 Å². The fourth-order valence-electron chi connectivity index (χ4n) is 3.52. The van der Waals surface area contributed by atoms with Gasteiger partial charge in [-0.3, -0.25) is 0 Å². The van der Waals surface area contributed by atoms with Gasteiger partial charge >= 0.3 is 0 Å². The maximum Gasteiger partial charge on any atom is 0.209 e. The molecule has 1 N–H and O–H groups in total. The molecule has 1 atom stereocenters. The molecule has 1 aliphatic rings. The predicted molar refractivity (Wildman–Crippen MR) is 111 cm³/mol. The molecular weight excluding hydrogens is 379 g/mol. The number of aliphatic hydroxyl groups excluding tert-OH is 1. The van der Waals surface area contributed by atoms with Crippen LogP contribution in [0.3, 0.4) is 0 Å². The summed E-state index contributed by atoms with van der Waals surface area (Å²) in [5.41, 5.74) is 5.70. The molecule has 144 valence electrons. The first-order valence-electron chi connectivity index (χ1n) is 8.82. The summed E-state index contributed by atoms with van der Waals surface area (Å²) >= 11 is 6.21. The van der Waals surface area contributed by atoms with E-state index in [1.807, 2.05) is 30.1 Å². The molecule has 0 saturated heterocycles. The Balaban J connectivity index is 0.00000261. The van der Waals surface area contributed by atoms with E-state index in [9.17, 15) is 5.11 Å². The smallest absolute Gasteiger partial charge is 0.209 e. The van der Waals surface area contributed by atoms with Crippen molar-refractivity contribution in [1.82, 2.24) is 0 Å². The van der Waals surface area contributed by atoms with Crippen LogP contribution in [0.4, 0.5) is 11.4 Å². The van der Waals surface area contributed by atoms with E-state index in [1.165, 1.54) is 17.0 Å². The van der Waals surface area contributed by atoms with Crippen LogP contribution in [0.1, 0.15) is 31.9 Å². The summed E-state index contributed by atoms with van der Waals surface area (Å²) in [6.07, 6.45) is 3.80. The van der Waals surface area contributed by atoms with E-state index < -0.39 is 6.23 Å². The van der Waals surface area contributed by atoms with E-state index in [1.54, 1.807) is 6.92 Å². The maximum absolute atomic E-state index is 9.68. The SMILES string of the molecule is CC(O)N(C)c1ccc(/C=C/C2=[N+](C)c3ccc(Cl)cc3C2(C)C)cc1.[Cl-]. The summed E-state index contributed by atoms with van der Waals surface area (Å²) in [5, 5.41) is 10.4. The van der Waals surface area contributed by atoms with Crippen molar-refractivity contribution in [1.29, 1.82) is 0 Å². The number of aliphatic hydroxyl groups is 1. The quantitative estimate of drug-likeness (QED) is 0.621. The first-order valence-corrected chi connectivity index (χ1v) is 9.20. The van der Waals surface area contributed by atoms with Crippen LogP contribution >= 0.6 is 11.6 Å². The molecule has 5 heteroatoms. The molecule has 0 aliphatic carbocycles. The van der Waals surface area contributed by atoms with E-state index in [0.717, 1.165) is 16.3 Å². The van der Waals surface area contributed by atoms with E-state index in [2.05, 4.69) is 61.9 Å². The lowest BCUT2D eigenvalue weighted by Gasteiger charge is -2.22. The molecule has 0 fully saturated rings.